The van der Waals surface area contributed by atoms with E-state index in [0.717, 1.165) is 10.4 Å². The van der Waals surface area contributed by atoms with Gasteiger partial charge in [-0.2, -0.15) is 5.26 Å². The van der Waals surface area contributed by atoms with Gasteiger partial charge >= 0.3 is 5.97 Å². The third kappa shape index (κ3) is 4.00. The smallest absolute Gasteiger partial charge is 0.340 e. The van der Waals surface area contributed by atoms with E-state index in [1.807, 2.05) is 6.07 Å². The molecule has 9 nitrogen and oxygen atoms in total. The number of hydrogen-bond donors (Lipinski definition) is 0. The van der Waals surface area contributed by atoms with Crippen molar-refractivity contribution in [3.8, 4) is 11.8 Å². The first-order valence-corrected chi connectivity index (χ1v) is 11.1. The minimum absolute atomic E-state index is 0.0307. The van der Waals surface area contributed by atoms with Crippen LogP contribution in [0, 0.1) is 18.3 Å². The quantitative estimate of drug-likeness (QED) is 0.507. The van der Waals surface area contributed by atoms with E-state index in [2.05, 4.69) is 0 Å². The van der Waals surface area contributed by atoms with Gasteiger partial charge in [-0.25, -0.2) is 17.9 Å². The fourth-order valence-corrected chi connectivity index (χ4v) is 4.66. The summed E-state index contributed by atoms with van der Waals surface area (Å²) in [5.74, 6) is -0.932. The minimum Gasteiger partial charge on any atom is -0.447 e. The van der Waals surface area contributed by atoms with E-state index in [1.165, 1.54) is 23.9 Å². The summed E-state index contributed by atoms with van der Waals surface area (Å²) in [4.78, 5) is 25.1. The number of sulfonamides is 1. The number of anilines is 1. The van der Waals surface area contributed by atoms with Gasteiger partial charge in [0.15, 0.2) is 6.61 Å². The Hall–Kier alpha value is -3.55. The second-order valence-corrected chi connectivity index (χ2v) is 9.14. The van der Waals surface area contributed by atoms with Gasteiger partial charge < -0.3 is 4.74 Å². The highest BCUT2D eigenvalue weighted by molar-refractivity contribution is 7.92. The maximum absolute atomic E-state index is 13.3. The molecule has 0 saturated heterocycles. The van der Waals surface area contributed by atoms with Gasteiger partial charge in [0.25, 0.3) is 15.6 Å². The van der Waals surface area contributed by atoms with E-state index in [0.29, 0.717) is 11.4 Å². The topological polar surface area (TPSA) is 114 Å². The van der Waals surface area contributed by atoms with Crippen LogP contribution < -0.4 is 9.86 Å². The number of carbonyl (C=O) groups excluding carboxylic acids is 1. The van der Waals surface area contributed by atoms with Crippen molar-refractivity contribution >= 4 is 33.3 Å². The molecule has 0 saturated carbocycles. The molecule has 0 fully saturated rings. The van der Waals surface area contributed by atoms with Gasteiger partial charge in [0.1, 0.15) is 11.8 Å². The lowest BCUT2D eigenvalue weighted by Gasteiger charge is -2.18. The molecule has 0 amide bonds. The van der Waals surface area contributed by atoms with Crippen LogP contribution in [0.1, 0.15) is 16.1 Å². The molecule has 0 aliphatic carbocycles. The molecular weight excluding hydrogens is 456 g/mol. The number of benzene rings is 2. The van der Waals surface area contributed by atoms with E-state index >= 15 is 0 Å². The zero-order valence-corrected chi connectivity index (χ0v) is 19.0. The van der Waals surface area contributed by atoms with E-state index < -0.39 is 28.2 Å². The molecule has 0 N–H and O–H groups in total. The summed E-state index contributed by atoms with van der Waals surface area (Å²) < 4.78 is 35.2. The maximum atomic E-state index is 13.3. The van der Waals surface area contributed by atoms with Crippen LogP contribution in [-0.2, 0) is 21.8 Å². The van der Waals surface area contributed by atoms with Crippen LogP contribution in [0.25, 0.3) is 5.69 Å². The highest BCUT2D eigenvalue weighted by Gasteiger charge is 2.29. The standard InChI is InChI=1S/C21H19ClN4O5S/c1-14-19(20(27)26(24(14)2)15-7-5-4-6-8-15)25(3)32(29,30)16-9-10-18(22)17(13-16)21(28)31-12-11-23/h4-10,13H,12H2,1-3H3. The van der Waals surface area contributed by atoms with Crippen molar-refractivity contribution in [2.45, 2.75) is 11.8 Å². The molecule has 0 atom stereocenters. The number of nitriles is 1. The van der Waals surface area contributed by atoms with Crippen LogP contribution in [-0.4, -0.2) is 37.4 Å². The number of rotatable bonds is 6. The summed E-state index contributed by atoms with van der Waals surface area (Å²) in [6.07, 6.45) is 0. The molecule has 0 radical (unpaired) electrons. The normalized spacial score (nSPS) is 11.1. The Morgan fingerprint density at radius 1 is 1.22 bits per heavy atom. The zero-order chi connectivity index (χ0) is 23.6. The van der Waals surface area contributed by atoms with Crippen LogP contribution >= 0.6 is 11.6 Å². The van der Waals surface area contributed by atoms with Gasteiger partial charge in [-0.05, 0) is 37.3 Å². The molecular formula is C21H19ClN4O5S. The summed E-state index contributed by atoms with van der Waals surface area (Å²) in [5, 5.41) is 8.55. The average Bonchev–Trinajstić information content (AvgIpc) is 3.00. The summed E-state index contributed by atoms with van der Waals surface area (Å²) in [5.41, 5.74) is 0.231. The Kier molecular flexibility index (Phi) is 6.43. The molecule has 0 aliphatic rings. The first-order valence-electron chi connectivity index (χ1n) is 9.27. The molecule has 2 aromatic carbocycles. The second kappa shape index (κ2) is 8.90. The summed E-state index contributed by atoms with van der Waals surface area (Å²) in [6.45, 7) is 1.13. The number of esters is 1. The van der Waals surface area contributed by atoms with Crippen molar-refractivity contribution in [2.24, 2.45) is 7.05 Å². The molecule has 0 aliphatic heterocycles. The van der Waals surface area contributed by atoms with Gasteiger partial charge in [-0.1, -0.05) is 29.8 Å². The predicted octanol–water partition coefficient (Wildman–Crippen LogP) is 2.64. The number of carbonyl (C=O) groups is 1. The van der Waals surface area contributed by atoms with Crippen LogP contribution in [0.5, 0.6) is 0 Å². The van der Waals surface area contributed by atoms with Crippen LogP contribution in [0.4, 0.5) is 5.69 Å². The van der Waals surface area contributed by atoms with Gasteiger partial charge in [-0.15, -0.1) is 0 Å². The Balaban J connectivity index is 2.09. The minimum atomic E-state index is -4.24. The van der Waals surface area contributed by atoms with Gasteiger partial charge in [-0.3, -0.25) is 13.8 Å². The number of hydrogen-bond acceptors (Lipinski definition) is 6. The van der Waals surface area contributed by atoms with Gasteiger partial charge in [0.05, 0.1) is 26.9 Å². The number of halogens is 1. The summed E-state index contributed by atoms with van der Waals surface area (Å²) in [6, 6.07) is 14.0. The monoisotopic (exact) mass is 474 g/mol. The lowest BCUT2D eigenvalue weighted by atomic mass is 10.2. The first kappa shape index (κ1) is 23.1. The Labute approximate surface area is 189 Å². The lowest BCUT2D eigenvalue weighted by Crippen LogP contribution is -2.32. The molecule has 1 heterocycles. The SMILES string of the molecule is Cc1c(N(C)S(=O)(=O)c2ccc(Cl)c(C(=O)OCC#N)c2)c(=O)n(-c2ccccc2)n1C. The Morgan fingerprint density at radius 3 is 2.50 bits per heavy atom. The fraction of sp³-hybridized carbons (Fsp3) is 0.190. The van der Waals surface area contributed by atoms with Crippen molar-refractivity contribution in [1.29, 1.82) is 5.26 Å². The van der Waals surface area contributed by atoms with Crippen LogP contribution in [0.3, 0.4) is 0 Å². The van der Waals surface area contributed by atoms with E-state index in [-0.39, 0.29) is 21.2 Å². The molecule has 11 heteroatoms. The largest absolute Gasteiger partial charge is 0.447 e. The van der Waals surface area contributed by atoms with E-state index in [4.69, 9.17) is 21.6 Å². The van der Waals surface area contributed by atoms with Crippen molar-refractivity contribution in [3.63, 3.8) is 0 Å². The Bertz CT molecular complexity index is 1390. The first-order chi connectivity index (χ1) is 15.1. The van der Waals surface area contributed by atoms with Gasteiger partial charge in [0, 0.05) is 14.1 Å². The number of aromatic nitrogens is 2. The molecule has 32 heavy (non-hydrogen) atoms. The third-order valence-corrected chi connectivity index (χ3v) is 7.01. The van der Waals surface area contributed by atoms with Crippen LogP contribution in [0.15, 0.2) is 58.2 Å². The Morgan fingerprint density at radius 2 is 1.88 bits per heavy atom. The molecule has 0 spiro atoms. The molecule has 3 aromatic rings. The summed E-state index contributed by atoms with van der Waals surface area (Å²) in [7, 11) is -1.33. The second-order valence-electron chi connectivity index (χ2n) is 6.76. The van der Waals surface area contributed by atoms with Crippen molar-refractivity contribution in [3.05, 3.63) is 75.2 Å². The maximum Gasteiger partial charge on any atom is 0.340 e. The molecule has 1 aromatic heterocycles. The predicted molar refractivity (Wildman–Crippen MR) is 119 cm³/mol. The summed E-state index contributed by atoms with van der Waals surface area (Å²) >= 11 is 6.01. The lowest BCUT2D eigenvalue weighted by molar-refractivity contribution is 0.0555. The van der Waals surface area contributed by atoms with Crippen molar-refractivity contribution in [1.82, 2.24) is 9.36 Å². The zero-order valence-electron chi connectivity index (χ0n) is 17.4. The number of ether oxygens (including phenoxy) is 1. The van der Waals surface area contributed by atoms with Gasteiger partial charge in [0.2, 0.25) is 0 Å². The number of para-hydroxylation sites is 1. The van der Waals surface area contributed by atoms with E-state index in [1.54, 1.807) is 49.0 Å². The third-order valence-electron chi connectivity index (χ3n) is 4.92. The van der Waals surface area contributed by atoms with E-state index in [9.17, 15) is 18.0 Å². The highest BCUT2D eigenvalue weighted by Crippen LogP contribution is 2.27. The van der Waals surface area contributed by atoms with Crippen molar-refractivity contribution < 1.29 is 17.9 Å². The average molecular weight is 475 g/mol. The molecule has 0 bridgehead atoms. The number of nitrogens with zero attached hydrogens (tertiary/aromatic N) is 4. The molecule has 166 valence electrons. The van der Waals surface area contributed by atoms with Crippen molar-refractivity contribution in [2.75, 3.05) is 18.0 Å². The molecule has 0 unspecified atom stereocenters. The molecule has 3 rings (SSSR count). The highest BCUT2D eigenvalue weighted by atomic mass is 35.5. The fourth-order valence-electron chi connectivity index (χ4n) is 3.19. The van der Waals surface area contributed by atoms with Crippen LogP contribution in [0.2, 0.25) is 5.02 Å².